The number of aryl methyl sites for hydroxylation is 2. The van der Waals surface area contributed by atoms with Crippen molar-refractivity contribution in [2.75, 3.05) is 30.9 Å². The van der Waals surface area contributed by atoms with Gasteiger partial charge in [-0.1, -0.05) is 22.0 Å². The third-order valence-corrected chi connectivity index (χ3v) is 3.75. The number of hydrogen-bond acceptors (Lipinski definition) is 5. The number of halogens is 1. The molecule has 2 aromatic rings. The second-order valence-electron chi connectivity index (χ2n) is 4.73. The molecule has 0 aliphatic carbocycles. The van der Waals surface area contributed by atoms with E-state index < -0.39 is 0 Å². The highest BCUT2D eigenvalue weighted by molar-refractivity contribution is 9.10. The maximum atomic E-state index is 5.02. The first kappa shape index (κ1) is 15.7. The van der Waals surface area contributed by atoms with Gasteiger partial charge in [-0.2, -0.15) is 4.98 Å². The van der Waals surface area contributed by atoms with Crippen LogP contribution in [-0.2, 0) is 4.74 Å². The van der Waals surface area contributed by atoms with E-state index in [1.54, 1.807) is 7.11 Å². The van der Waals surface area contributed by atoms with Gasteiger partial charge in [-0.3, -0.25) is 0 Å². The summed E-state index contributed by atoms with van der Waals surface area (Å²) in [5.74, 6) is 1.36. The van der Waals surface area contributed by atoms with E-state index in [0.29, 0.717) is 19.1 Å². The van der Waals surface area contributed by atoms with Crippen molar-refractivity contribution in [1.82, 2.24) is 9.97 Å². The Morgan fingerprint density at radius 2 is 2.00 bits per heavy atom. The van der Waals surface area contributed by atoms with Crippen molar-refractivity contribution in [3.8, 4) is 0 Å². The minimum absolute atomic E-state index is 0.575. The fourth-order valence-electron chi connectivity index (χ4n) is 1.80. The summed E-state index contributed by atoms with van der Waals surface area (Å²) in [5.41, 5.74) is 3.03. The Morgan fingerprint density at radius 1 is 1.19 bits per heavy atom. The first-order valence-corrected chi connectivity index (χ1v) is 7.49. The van der Waals surface area contributed by atoms with Crippen molar-refractivity contribution in [3.63, 3.8) is 0 Å². The third kappa shape index (κ3) is 4.68. The highest BCUT2D eigenvalue weighted by Gasteiger charge is 2.04. The van der Waals surface area contributed by atoms with Crippen LogP contribution in [0.4, 0.5) is 17.5 Å². The second-order valence-corrected chi connectivity index (χ2v) is 5.58. The molecule has 1 aromatic carbocycles. The molecule has 0 unspecified atom stereocenters. The zero-order valence-corrected chi connectivity index (χ0v) is 14.0. The molecule has 0 radical (unpaired) electrons. The van der Waals surface area contributed by atoms with Gasteiger partial charge in [0, 0.05) is 35.6 Å². The molecule has 21 heavy (non-hydrogen) atoms. The smallest absolute Gasteiger partial charge is 0.229 e. The summed E-state index contributed by atoms with van der Waals surface area (Å²) in [5, 5.41) is 6.43. The molecule has 2 N–H and O–H groups in total. The molecule has 0 saturated heterocycles. The summed E-state index contributed by atoms with van der Waals surface area (Å²) in [6.45, 7) is 5.34. The Balaban J connectivity index is 2.13. The van der Waals surface area contributed by atoms with E-state index in [2.05, 4.69) is 43.5 Å². The lowest BCUT2D eigenvalue weighted by Gasteiger charge is -2.10. The molecular weight excluding hydrogens is 332 g/mol. The second kappa shape index (κ2) is 7.38. The fourth-order valence-corrected chi connectivity index (χ4v) is 2.17. The van der Waals surface area contributed by atoms with Crippen molar-refractivity contribution in [3.05, 3.63) is 40.0 Å². The lowest BCUT2D eigenvalue weighted by atomic mass is 10.2. The highest BCUT2D eigenvalue weighted by Crippen LogP contribution is 2.23. The van der Waals surface area contributed by atoms with Gasteiger partial charge in [-0.25, -0.2) is 4.98 Å². The van der Waals surface area contributed by atoms with Crippen molar-refractivity contribution in [2.24, 2.45) is 0 Å². The number of hydrogen-bond donors (Lipinski definition) is 2. The molecular formula is C15H19BrN4O. The number of methoxy groups -OCH3 is 1. The molecule has 6 heteroatoms. The van der Waals surface area contributed by atoms with Gasteiger partial charge in [0.1, 0.15) is 5.82 Å². The van der Waals surface area contributed by atoms with Gasteiger partial charge in [-0.05, 0) is 31.5 Å². The molecule has 0 amide bonds. The van der Waals surface area contributed by atoms with Crippen molar-refractivity contribution < 1.29 is 4.74 Å². The maximum Gasteiger partial charge on any atom is 0.229 e. The summed E-state index contributed by atoms with van der Waals surface area (Å²) in [6.07, 6.45) is 0. The Labute approximate surface area is 133 Å². The van der Waals surface area contributed by atoms with Crippen LogP contribution in [0.2, 0.25) is 0 Å². The summed E-state index contributed by atoms with van der Waals surface area (Å²) >= 11 is 3.52. The van der Waals surface area contributed by atoms with Crippen LogP contribution in [0, 0.1) is 13.8 Å². The molecule has 0 fully saturated rings. The molecule has 0 bridgehead atoms. The van der Waals surface area contributed by atoms with Gasteiger partial charge in [0.2, 0.25) is 5.95 Å². The monoisotopic (exact) mass is 350 g/mol. The predicted molar refractivity (Wildman–Crippen MR) is 89.3 cm³/mol. The van der Waals surface area contributed by atoms with Crippen LogP contribution in [0.1, 0.15) is 11.3 Å². The molecule has 1 heterocycles. The Kier molecular flexibility index (Phi) is 5.52. The van der Waals surface area contributed by atoms with Crippen LogP contribution in [0.25, 0.3) is 0 Å². The zero-order chi connectivity index (χ0) is 15.2. The zero-order valence-electron chi connectivity index (χ0n) is 12.4. The third-order valence-electron chi connectivity index (χ3n) is 2.89. The van der Waals surface area contributed by atoms with Gasteiger partial charge in [-0.15, -0.1) is 0 Å². The van der Waals surface area contributed by atoms with Crippen molar-refractivity contribution in [1.29, 1.82) is 0 Å². The van der Waals surface area contributed by atoms with Crippen LogP contribution in [0.3, 0.4) is 0 Å². The minimum Gasteiger partial charge on any atom is -0.383 e. The normalized spacial score (nSPS) is 10.5. The Bertz CT molecular complexity index is 619. The van der Waals surface area contributed by atoms with Crippen molar-refractivity contribution >= 4 is 33.4 Å². The van der Waals surface area contributed by atoms with Crippen LogP contribution >= 0.6 is 15.9 Å². The lowest BCUT2D eigenvalue weighted by Crippen LogP contribution is -2.10. The SMILES string of the molecule is COCCNc1cc(C)nc(Nc2ccc(C)c(Br)c2)n1. The Morgan fingerprint density at radius 3 is 2.71 bits per heavy atom. The summed E-state index contributed by atoms with van der Waals surface area (Å²) < 4.78 is 6.07. The molecule has 5 nitrogen and oxygen atoms in total. The van der Waals surface area contributed by atoms with Crippen LogP contribution < -0.4 is 10.6 Å². The van der Waals surface area contributed by atoms with Gasteiger partial charge in [0.05, 0.1) is 6.61 Å². The fraction of sp³-hybridized carbons (Fsp3) is 0.333. The van der Waals surface area contributed by atoms with Gasteiger partial charge < -0.3 is 15.4 Å². The van der Waals surface area contributed by atoms with E-state index in [0.717, 1.165) is 21.7 Å². The average molecular weight is 351 g/mol. The summed E-state index contributed by atoms with van der Waals surface area (Å²) in [4.78, 5) is 8.85. The minimum atomic E-state index is 0.575. The topological polar surface area (TPSA) is 59.1 Å². The molecule has 1 aromatic heterocycles. The molecule has 0 atom stereocenters. The average Bonchev–Trinajstić information content (AvgIpc) is 2.43. The molecule has 112 valence electrons. The number of aromatic nitrogens is 2. The van der Waals surface area contributed by atoms with E-state index >= 15 is 0 Å². The largest absolute Gasteiger partial charge is 0.383 e. The lowest BCUT2D eigenvalue weighted by molar-refractivity contribution is 0.210. The van der Waals surface area contributed by atoms with E-state index in [9.17, 15) is 0 Å². The summed E-state index contributed by atoms with van der Waals surface area (Å²) in [7, 11) is 1.68. The van der Waals surface area contributed by atoms with Crippen LogP contribution in [-0.4, -0.2) is 30.2 Å². The number of rotatable bonds is 6. The van der Waals surface area contributed by atoms with Gasteiger partial charge in [0.25, 0.3) is 0 Å². The highest BCUT2D eigenvalue weighted by atomic mass is 79.9. The van der Waals surface area contributed by atoms with E-state index in [1.165, 1.54) is 5.56 Å². The van der Waals surface area contributed by atoms with E-state index in [1.807, 2.05) is 31.2 Å². The number of benzene rings is 1. The first-order chi connectivity index (χ1) is 10.1. The number of nitrogens with one attached hydrogen (secondary N) is 2. The number of ether oxygens (including phenoxy) is 1. The molecule has 0 saturated carbocycles. The quantitative estimate of drug-likeness (QED) is 0.778. The number of anilines is 3. The molecule has 0 aliphatic heterocycles. The molecule has 0 spiro atoms. The number of nitrogens with zero attached hydrogens (tertiary/aromatic N) is 2. The maximum absolute atomic E-state index is 5.02. The van der Waals surface area contributed by atoms with Crippen molar-refractivity contribution in [2.45, 2.75) is 13.8 Å². The van der Waals surface area contributed by atoms with Gasteiger partial charge in [0.15, 0.2) is 0 Å². The summed E-state index contributed by atoms with van der Waals surface area (Å²) in [6, 6.07) is 7.97. The molecule has 2 rings (SSSR count). The standard InChI is InChI=1S/C15H19BrN4O/c1-10-4-5-12(9-13(10)16)19-15-18-11(2)8-14(20-15)17-6-7-21-3/h4-5,8-9H,6-7H2,1-3H3,(H2,17,18,19,20). The van der Waals surface area contributed by atoms with E-state index in [4.69, 9.17) is 4.74 Å². The first-order valence-electron chi connectivity index (χ1n) is 6.70. The molecule has 0 aliphatic rings. The Hall–Kier alpha value is -1.66. The predicted octanol–water partition coefficient (Wildman–Crippen LogP) is 3.66. The van der Waals surface area contributed by atoms with Crippen LogP contribution in [0.15, 0.2) is 28.7 Å². The van der Waals surface area contributed by atoms with E-state index in [-0.39, 0.29) is 0 Å². The van der Waals surface area contributed by atoms with Gasteiger partial charge >= 0.3 is 0 Å². The van der Waals surface area contributed by atoms with Crippen LogP contribution in [0.5, 0.6) is 0 Å².